The standard InChI is InChI=1S/C16H17F3N6O2/c1-3-20-12-9(16(17,18)19)6-21-14(23-12)22-11-4-10(24-25(11)2)15-5-8(15)7-27-13(15)26/h4,6,8H,3,5,7H2,1-2H3,(H2,20,21,22,23)/t8-,15-/m1/s1. The Morgan fingerprint density at radius 3 is 2.81 bits per heavy atom. The molecule has 2 aromatic rings. The predicted molar refractivity (Wildman–Crippen MR) is 88.4 cm³/mol. The Morgan fingerprint density at radius 2 is 2.22 bits per heavy atom. The first kappa shape index (κ1) is 17.6. The summed E-state index contributed by atoms with van der Waals surface area (Å²) < 4.78 is 45.7. The predicted octanol–water partition coefficient (Wildman–Crippen LogP) is 2.22. The van der Waals surface area contributed by atoms with Gasteiger partial charge in [-0.15, -0.1) is 0 Å². The van der Waals surface area contributed by atoms with Crippen LogP contribution in [0.2, 0.25) is 0 Å². The monoisotopic (exact) mass is 382 g/mol. The van der Waals surface area contributed by atoms with Gasteiger partial charge >= 0.3 is 12.1 Å². The van der Waals surface area contributed by atoms with Gasteiger partial charge in [-0.25, -0.2) is 4.98 Å². The molecule has 11 heteroatoms. The number of anilines is 3. The van der Waals surface area contributed by atoms with E-state index in [-0.39, 0.29) is 30.2 Å². The zero-order valence-electron chi connectivity index (χ0n) is 14.6. The van der Waals surface area contributed by atoms with Crippen LogP contribution in [0.15, 0.2) is 12.3 Å². The van der Waals surface area contributed by atoms with Gasteiger partial charge in [0.15, 0.2) is 0 Å². The highest BCUT2D eigenvalue weighted by Gasteiger charge is 2.68. The largest absolute Gasteiger partial charge is 0.465 e. The number of alkyl halides is 3. The molecule has 27 heavy (non-hydrogen) atoms. The van der Waals surface area contributed by atoms with Gasteiger partial charge in [0, 0.05) is 31.8 Å². The summed E-state index contributed by atoms with van der Waals surface area (Å²) in [5.41, 5.74) is -1.04. The van der Waals surface area contributed by atoms with Gasteiger partial charge < -0.3 is 15.4 Å². The van der Waals surface area contributed by atoms with E-state index in [1.54, 1.807) is 20.0 Å². The van der Waals surface area contributed by atoms with Crippen LogP contribution in [0.1, 0.15) is 24.6 Å². The molecule has 8 nitrogen and oxygen atoms in total. The van der Waals surface area contributed by atoms with Crippen molar-refractivity contribution in [3.05, 3.63) is 23.5 Å². The Kier molecular flexibility index (Phi) is 3.79. The van der Waals surface area contributed by atoms with Crippen LogP contribution in [0.5, 0.6) is 0 Å². The number of carbonyl (C=O) groups is 1. The number of halogens is 3. The van der Waals surface area contributed by atoms with Crippen molar-refractivity contribution in [2.75, 3.05) is 23.8 Å². The lowest BCUT2D eigenvalue weighted by Gasteiger charge is -2.13. The van der Waals surface area contributed by atoms with E-state index in [9.17, 15) is 18.0 Å². The highest BCUT2D eigenvalue weighted by molar-refractivity contribution is 5.89. The molecule has 1 aliphatic carbocycles. The number of esters is 1. The minimum absolute atomic E-state index is 0.00709. The molecular formula is C16H17F3N6O2. The topological polar surface area (TPSA) is 94.0 Å². The number of aromatic nitrogens is 4. The van der Waals surface area contributed by atoms with E-state index in [2.05, 4.69) is 25.7 Å². The van der Waals surface area contributed by atoms with Crippen LogP contribution >= 0.6 is 0 Å². The maximum absolute atomic E-state index is 13.1. The highest BCUT2D eigenvalue weighted by Crippen LogP contribution is 2.58. The lowest BCUT2D eigenvalue weighted by atomic mass is 10.0. The fourth-order valence-electron chi connectivity index (χ4n) is 3.37. The zero-order valence-corrected chi connectivity index (χ0v) is 14.6. The Bertz CT molecular complexity index is 912. The molecule has 2 aromatic heterocycles. The fourth-order valence-corrected chi connectivity index (χ4v) is 3.37. The second kappa shape index (κ2) is 5.83. The van der Waals surface area contributed by atoms with Crippen LogP contribution in [0.25, 0.3) is 0 Å². The maximum atomic E-state index is 13.1. The molecule has 2 aliphatic rings. The van der Waals surface area contributed by atoms with E-state index >= 15 is 0 Å². The van der Waals surface area contributed by atoms with Gasteiger partial charge in [-0.2, -0.15) is 23.3 Å². The van der Waals surface area contributed by atoms with Crippen molar-refractivity contribution in [2.45, 2.75) is 24.9 Å². The number of nitrogens with one attached hydrogen (secondary N) is 2. The number of rotatable bonds is 5. The highest BCUT2D eigenvalue weighted by atomic mass is 19.4. The second-order valence-electron chi connectivity index (χ2n) is 6.62. The lowest BCUT2D eigenvalue weighted by Crippen LogP contribution is -2.19. The molecule has 2 atom stereocenters. The molecule has 0 amide bonds. The maximum Gasteiger partial charge on any atom is 0.421 e. The first-order valence-electron chi connectivity index (χ1n) is 8.42. The van der Waals surface area contributed by atoms with E-state index < -0.39 is 17.2 Å². The van der Waals surface area contributed by atoms with E-state index in [4.69, 9.17) is 4.74 Å². The zero-order chi connectivity index (χ0) is 19.4. The van der Waals surface area contributed by atoms with Crippen molar-refractivity contribution in [1.29, 1.82) is 0 Å². The normalized spacial score (nSPS) is 23.7. The van der Waals surface area contributed by atoms with E-state index in [1.807, 2.05) is 0 Å². The molecule has 0 spiro atoms. The molecule has 4 rings (SSSR count). The summed E-state index contributed by atoms with van der Waals surface area (Å²) in [5.74, 6) is 0.0113. The minimum Gasteiger partial charge on any atom is -0.465 e. The summed E-state index contributed by atoms with van der Waals surface area (Å²) in [7, 11) is 1.66. The lowest BCUT2D eigenvalue weighted by molar-refractivity contribution is -0.142. The SMILES string of the molecule is CCNc1nc(Nc2cc([C@@]34C[C@@H]3COC4=O)nn2C)ncc1C(F)(F)F. The van der Waals surface area contributed by atoms with Gasteiger partial charge in [-0.05, 0) is 13.3 Å². The van der Waals surface area contributed by atoms with Gasteiger partial charge in [0.05, 0.1) is 12.3 Å². The summed E-state index contributed by atoms with van der Waals surface area (Å²) in [4.78, 5) is 19.7. The Morgan fingerprint density at radius 1 is 1.44 bits per heavy atom. The van der Waals surface area contributed by atoms with Crippen molar-refractivity contribution >= 4 is 23.6 Å². The number of hydrogen-bond acceptors (Lipinski definition) is 7. The van der Waals surface area contributed by atoms with Crippen LogP contribution in [-0.4, -0.2) is 38.9 Å². The van der Waals surface area contributed by atoms with Gasteiger partial charge in [0.2, 0.25) is 5.95 Å². The van der Waals surface area contributed by atoms with Crippen molar-refractivity contribution in [3.63, 3.8) is 0 Å². The fraction of sp³-hybridized carbons (Fsp3) is 0.500. The average molecular weight is 382 g/mol. The molecule has 0 unspecified atom stereocenters. The molecule has 1 aliphatic heterocycles. The summed E-state index contributed by atoms with van der Waals surface area (Å²) in [5, 5.41) is 9.83. The van der Waals surface area contributed by atoms with Gasteiger partial charge in [-0.1, -0.05) is 0 Å². The molecule has 0 aromatic carbocycles. The third-order valence-electron chi connectivity index (χ3n) is 4.90. The molecule has 3 heterocycles. The van der Waals surface area contributed by atoms with E-state index in [0.29, 0.717) is 24.5 Å². The third-order valence-corrected chi connectivity index (χ3v) is 4.90. The molecule has 144 valence electrons. The Balaban J connectivity index is 1.62. The number of carbonyl (C=O) groups excluding carboxylic acids is 1. The number of fused-ring (bicyclic) bond motifs is 1. The summed E-state index contributed by atoms with van der Waals surface area (Å²) in [6.45, 7) is 2.35. The first-order valence-corrected chi connectivity index (χ1v) is 8.42. The smallest absolute Gasteiger partial charge is 0.421 e. The van der Waals surface area contributed by atoms with Crippen LogP contribution in [0.3, 0.4) is 0 Å². The van der Waals surface area contributed by atoms with E-state index in [1.165, 1.54) is 4.68 Å². The number of aryl methyl sites for hydroxylation is 1. The number of cyclic esters (lactones) is 1. The molecule has 0 bridgehead atoms. The molecule has 1 saturated heterocycles. The first-order chi connectivity index (χ1) is 12.8. The average Bonchev–Trinajstić information content (AvgIpc) is 3.10. The van der Waals surface area contributed by atoms with Gasteiger partial charge in [0.1, 0.15) is 22.6 Å². The Hall–Kier alpha value is -2.85. The van der Waals surface area contributed by atoms with E-state index in [0.717, 1.165) is 6.20 Å². The molecule has 0 radical (unpaired) electrons. The number of ether oxygens (including phenoxy) is 1. The van der Waals surface area contributed by atoms with Crippen molar-refractivity contribution < 1.29 is 22.7 Å². The van der Waals surface area contributed by atoms with Gasteiger partial charge in [0.25, 0.3) is 0 Å². The molecule has 2 N–H and O–H groups in total. The molecule has 2 fully saturated rings. The molecular weight excluding hydrogens is 365 g/mol. The summed E-state index contributed by atoms with van der Waals surface area (Å²) in [6, 6.07) is 1.68. The quantitative estimate of drug-likeness (QED) is 0.766. The van der Waals surface area contributed by atoms with Crippen molar-refractivity contribution in [2.24, 2.45) is 13.0 Å². The van der Waals surface area contributed by atoms with Crippen LogP contribution < -0.4 is 10.6 Å². The number of nitrogens with zero attached hydrogens (tertiary/aromatic N) is 4. The van der Waals surface area contributed by atoms with Crippen LogP contribution in [-0.2, 0) is 28.2 Å². The Labute approximate surface area is 152 Å². The second-order valence-corrected chi connectivity index (χ2v) is 6.62. The number of hydrogen-bond donors (Lipinski definition) is 2. The van der Waals surface area contributed by atoms with Crippen molar-refractivity contribution in [1.82, 2.24) is 19.7 Å². The third kappa shape index (κ3) is 2.77. The summed E-state index contributed by atoms with van der Waals surface area (Å²) >= 11 is 0. The van der Waals surface area contributed by atoms with Crippen LogP contribution in [0.4, 0.5) is 30.8 Å². The van der Waals surface area contributed by atoms with Crippen molar-refractivity contribution in [3.8, 4) is 0 Å². The van der Waals surface area contributed by atoms with Gasteiger partial charge in [-0.3, -0.25) is 9.48 Å². The summed E-state index contributed by atoms with van der Waals surface area (Å²) in [6.07, 6.45) is -3.13. The molecule has 1 saturated carbocycles. The van der Waals surface area contributed by atoms with Crippen LogP contribution in [0, 0.1) is 5.92 Å². The minimum atomic E-state index is -4.56.